The van der Waals surface area contributed by atoms with Crippen molar-refractivity contribution in [3.8, 4) is 5.75 Å². The van der Waals surface area contributed by atoms with Crippen molar-refractivity contribution in [2.45, 2.75) is 0 Å². The van der Waals surface area contributed by atoms with Crippen LogP contribution in [0.15, 0.2) is 30.3 Å². The zero-order chi connectivity index (χ0) is 10.8. The van der Waals surface area contributed by atoms with Gasteiger partial charge in [0.05, 0.1) is 0 Å². The number of piperazine rings is 1. The van der Waals surface area contributed by atoms with E-state index in [4.69, 9.17) is 0 Å². The Labute approximate surface area is 104 Å². The number of benzene rings is 1. The van der Waals surface area contributed by atoms with Crippen molar-refractivity contribution in [1.29, 1.82) is 0 Å². The lowest BCUT2D eigenvalue weighted by atomic mass is 10.3. The Morgan fingerprint density at radius 3 is 1.76 bits per heavy atom. The van der Waals surface area contributed by atoms with Crippen LogP contribution in [0.1, 0.15) is 0 Å². The van der Waals surface area contributed by atoms with Gasteiger partial charge in [-0.25, -0.2) is 4.57 Å². The maximum absolute atomic E-state index is 9.85. The third-order valence-corrected chi connectivity index (χ3v) is 2.13. The first kappa shape index (κ1) is 18.3. The summed E-state index contributed by atoms with van der Waals surface area (Å²) in [6, 6.07) is 8.99. The van der Waals surface area contributed by atoms with Gasteiger partial charge in [-0.3, -0.25) is 0 Å². The Morgan fingerprint density at radius 2 is 1.41 bits per heavy atom. The minimum atomic E-state index is -0.305. The molecule has 10 N–H and O–H groups in total. The van der Waals surface area contributed by atoms with Crippen molar-refractivity contribution in [3.05, 3.63) is 30.3 Å². The molecule has 0 amide bonds. The maximum atomic E-state index is 9.85. The minimum absolute atomic E-state index is 0. The number of quaternary nitrogens is 2. The van der Waals surface area contributed by atoms with Gasteiger partial charge in [-0.2, -0.15) is 0 Å². The van der Waals surface area contributed by atoms with E-state index in [9.17, 15) is 4.57 Å². The highest BCUT2D eigenvalue weighted by Gasteiger charge is 1.91. The van der Waals surface area contributed by atoms with Gasteiger partial charge in [0.15, 0.2) is 0 Å². The highest BCUT2D eigenvalue weighted by Crippen LogP contribution is 2.12. The molecule has 0 aliphatic carbocycles. The van der Waals surface area contributed by atoms with E-state index in [1.165, 1.54) is 0 Å². The molecule has 2 rings (SSSR count). The van der Waals surface area contributed by atoms with E-state index in [1.807, 2.05) is 18.2 Å². The molecule has 1 aliphatic heterocycles. The zero-order valence-corrected chi connectivity index (χ0v) is 11.4. The molecule has 1 fully saturated rings. The first-order valence-electron chi connectivity index (χ1n) is 4.89. The molecule has 0 bridgehead atoms. The second kappa shape index (κ2) is 13.0. The Balaban J connectivity index is 0. The van der Waals surface area contributed by atoms with Gasteiger partial charge in [-0.15, -0.1) is 0 Å². The van der Waals surface area contributed by atoms with Crippen LogP contribution in [0.3, 0.4) is 0 Å². The van der Waals surface area contributed by atoms with Gasteiger partial charge in [0, 0.05) is 26.2 Å². The van der Waals surface area contributed by atoms with Crippen LogP contribution in [0, 0.1) is 0 Å². The number of nitrogens with one attached hydrogen (secondary N) is 2. The van der Waals surface area contributed by atoms with Crippen molar-refractivity contribution in [3.63, 3.8) is 0 Å². The van der Waals surface area contributed by atoms with E-state index >= 15 is 0 Å². The molecule has 1 aromatic carbocycles. The first-order chi connectivity index (χ1) is 7.43. The molecule has 1 heterocycles. The molecular formula is C10H23N4O2P+2. The fourth-order valence-electron chi connectivity index (χ4n) is 1.13. The summed E-state index contributed by atoms with van der Waals surface area (Å²) in [6.07, 6.45) is 0. The van der Waals surface area contributed by atoms with E-state index in [2.05, 4.69) is 15.2 Å². The molecule has 6 nitrogen and oxygen atoms in total. The van der Waals surface area contributed by atoms with Crippen LogP contribution in [0.4, 0.5) is 0 Å². The quantitative estimate of drug-likeness (QED) is 0.610. The SMILES string of the molecule is C1CNCCN1.O=POc1ccccc1.[NH4+].[NH4+]. The monoisotopic (exact) mass is 262 g/mol. The molecule has 17 heavy (non-hydrogen) atoms. The van der Waals surface area contributed by atoms with Gasteiger partial charge in [-0.1, -0.05) is 18.2 Å². The van der Waals surface area contributed by atoms with Crippen LogP contribution in [0.2, 0.25) is 0 Å². The van der Waals surface area contributed by atoms with E-state index in [-0.39, 0.29) is 21.0 Å². The van der Waals surface area contributed by atoms with Crippen molar-refractivity contribution < 1.29 is 9.09 Å². The summed E-state index contributed by atoms with van der Waals surface area (Å²) in [5.74, 6) is 0.620. The smallest absolute Gasteiger partial charge is 0.395 e. The summed E-state index contributed by atoms with van der Waals surface area (Å²) < 4.78 is 14.5. The molecule has 1 saturated heterocycles. The highest BCUT2D eigenvalue weighted by atomic mass is 31.1. The minimum Gasteiger partial charge on any atom is -0.408 e. The van der Waals surface area contributed by atoms with Gasteiger partial charge in [0.1, 0.15) is 5.75 Å². The lowest BCUT2D eigenvalue weighted by Crippen LogP contribution is -2.39. The van der Waals surface area contributed by atoms with Crippen LogP contribution in [0.5, 0.6) is 5.75 Å². The Hall–Kier alpha value is -1.04. The largest absolute Gasteiger partial charge is 0.408 e. The topological polar surface area (TPSA) is 123 Å². The van der Waals surface area contributed by atoms with E-state index in [1.54, 1.807) is 12.1 Å². The summed E-state index contributed by atoms with van der Waals surface area (Å²) >= 11 is 0. The molecule has 1 aromatic rings. The van der Waals surface area contributed by atoms with Crippen molar-refractivity contribution >= 4 is 8.69 Å². The molecule has 7 heteroatoms. The van der Waals surface area contributed by atoms with Crippen LogP contribution < -0.4 is 27.5 Å². The molecule has 0 aromatic heterocycles. The molecule has 0 atom stereocenters. The molecule has 98 valence electrons. The summed E-state index contributed by atoms with van der Waals surface area (Å²) in [6.45, 7) is 4.56. The lowest BCUT2D eigenvalue weighted by Gasteiger charge is -2.11. The van der Waals surface area contributed by atoms with Crippen LogP contribution in [-0.2, 0) is 4.57 Å². The van der Waals surface area contributed by atoms with Gasteiger partial charge in [-0.05, 0) is 12.1 Å². The highest BCUT2D eigenvalue weighted by molar-refractivity contribution is 7.17. The Morgan fingerprint density at radius 1 is 0.941 bits per heavy atom. The number of hydrogen-bond acceptors (Lipinski definition) is 4. The Bertz CT molecular complexity index is 259. The van der Waals surface area contributed by atoms with Crippen LogP contribution >= 0.6 is 8.69 Å². The van der Waals surface area contributed by atoms with E-state index in [0.29, 0.717) is 5.75 Å². The van der Waals surface area contributed by atoms with Gasteiger partial charge >= 0.3 is 8.69 Å². The Kier molecular flexibility index (Phi) is 14.0. The fraction of sp³-hybridized carbons (Fsp3) is 0.400. The predicted octanol–water partition coefficient (Wildman–Crippen LogP) is 2.20. The molecular weight excluding hydrogens is 239 g/mol. The van der Waals surface area contributed by atoms with Crippen molar-refractivity contribution in [2.24, 2.45) is 0 Å². The van der Waals surface area contributed by atoms with E-state index < -0.39 is 0 Å². The third-order valence-electron chi connectivity index (χ3n) is 1.84. The molecule has 0 unspecified atom stereocenters. The average Bonchev–Trinajstić information content (AvgIpc) is 2.34. The number of hydrogen-bond donors (Lipinski definition) is 4. The third kappa shape index (κ3) is 9.86. The van der Waals surface area contributed by atoms with Gasteiger partial charge < -0.3 is 27.5 Å². The second-order valence-electron chi connectivity index (χ2n) is 2.98. The normalized spacial score (nSPS) is 13.4. The fourth-order valence-corrected chi connectivity index (χ4v) is 1.34. The summed E-state index contributed by atoms with van der Waals surface area (Å²) in [4.78, 5) is 0. The van der Waals surface area contributed by atoms with Crippen LogP contribution in [-0.4, -0.2) is 26.2 Å². The first-order valence-corrected chi connectivity index (χ1v) is 5.62. The second-order valence-corrected chi connectivity index (χ2v) is 3.31. The molecule has 1 aliphatic rings. The number of para-hydroxylation sites is 1. The summed E-state index contributed by atoms with van der Waals surface area (Å²) in [7, 11) is -0.305. The average molecular weight is 262 g/mol. The van der Waals surface area contributed by atoms with Gasteiger partial charge in [0.2, 0.25) is 0 Å². The van der Waals surface area contributed by atoms with E-state index in [0.717, 1.165) is 26.2 Å². The summed E-state index contributed by atoms with van der Waals surface area (Å²) in [5, 5.41) is 6.44. The zero-order valence-electron chi connectivity index (χ0n) is 10.5. The van der Waals surface area contributed by atoms with Crippen LogP contribution in [0.25, 0.3) is 0 Å². The molecule has 0 radical (unpaired) electrons. The van der Waals surface area contributed by atoms with Crippen molar-refractivity contribution in [2.75, 3.05) is 26.2 Å². The standard InChI is InChI=1S/C6H5O2P.C4H10N2.2H3N/c7-9-8-6-4-2-1-3-5-6;1-2-6-4-3-5-1;;/h1-5H;5-6H,1-4H2;2*1H3/p+2. The predicted molar refractivity (Wildman–Crippen MR) is 72.4 cm³/mol. The lowest BCUT2D eigenvalue weighted by molar-refractivity contribution is 0.525. The molecule has 0 saturated carbocycles. The van der Waals surface area contributed by atoms with Crippen molar-refractivity contribution in [1.82, 2.24) is 22.9 Å². The van der Waals surface area contributed by atoms with Gasteiger partial charge in [0.25, 0.3) is 0 Å². The maximum Gasteiger partial charge on any atom is 0.395 e. The molecule has 0 spiro atoms. The number of rotatable bonds is 2. The summed E-state index contributed by atoms with van der Waals surface area (Å²) in [5.41, 5.74) is 0.